The summed E-state index contributed by atoms with van der Waals surface area (Å²) >= 11 is 5.20. The van der Waals surface area contributed by atoms with Crippen LogP contribution in [0.1, 0.15) is 18.9 Å². The maximum Gasteiger partial charge on any atom is 0.0701 e. The van der Waals surface area contributed by atoms with E-state index >= 15 is 0 Å². The van der Waals surface area contributed by atoms with Gasteiger partial charge in [-0.2, -0.15) is 0 Å². The Morgan fingerprint density at radius 3 is 2.86 bits per heavy atom. The highest BCUT2D eigenvalue weighted by atomic mass is 79.9. The number of hydrogen-bond acceptors (Lipinski definition) is 3. The second kappa shape index (κ2) is 5.85. The Labute approximate surface area is 98.2 Å². The minimum Gasteiger partial charge on any atom is -0.328 e. The van der Waals surface area contributed by atoms with Crippen LogP contribution < -0.4 is 5.73 Å². The zero-order valence-corrected chi connectivity index (χ0v) is 11.1. The molecule has 80 valence electrons. The molecule has 1 atom stereocenters. The van der Waals surface area contributed by atoms with Crippen molar-refractivity contribution in [2.75, 3.05) is 13.6 Å². The molecule has 1 rings (SSSR count). The van der Waals surface area contributed by atoms with E-state index in [-0.39, 0.29) is 0 Å². The van der Waals surface area contributed by atoms with Gasteiger partial charge in [0.2, 0.25) is 0 Å². The van der Waals surface area contributed by atoms with Gasteiger partial charge in [0.1, 0.15) is 0 Å². The summed E-state index contributed by atoms with van der Waals surface area (Å²) in [5.74, 6) is 0. The molecule has 0 fully saturated rings. The Morgan fingerprint density at radius 1 is 1.64 bits per heavy atom. The first-order valence-corrected chi connectivity index (χ1v) is 6.42. The number of nitrogens with two attached hydrogens (primary N) is 1. The molecule has 0 radical (unpaired) electrons. The van der Waals surface area contributed by atoms with E-state index in [9.17, 15) is 0 Å². The third-order valence-corrected chi connectivity index (χ3v) is 3.59. The van der Waals surface area contributed by atoms with Gasteiger partial charge in [0.05, 0.1) is 3.79 Å². The second-order valence-corrected chi connectivity index (χ2v) is 6.05. The minimum absolute atomic E-state index is 0.298. The van der Waals surface area contributed by atoms with Crippen LogP contribution in [0.5, 0.6) is 0 Å². The molecule has 0 aliphatic carbocycles. The smallest absolute Gasteiger partial charge is 0.0701 e. The zero-order valence-electron chi connectivity index (χ0n) is 8.66. The molecule has 0 aromatic carbocycles. The van der Waals surface area contributed by atoms with Crippen LogP contribution in [0, 0.1) is 0 Å². The minimum atomic E-state index is 0.298. The van der Waals surface area contributed by atoms with Crippen LogP contribution >= 0.6 is 27.3 Å². The summed E-state index contributed by atoms with van der Waals surface area (Å²) < 4.78 is 1.20. The van der Waals surface area contributed by atoms with Gasteiger partial charge in [0, 0.05) is 12.6 Å². The Bertz CT molecular complexity index is 273. The summed E-state index contributed by atoms with van der Waals surface area (Å²) in [6.45, 7) is 4.12. The Hall–Kier alpha value is 0.100. The van der Waals surface area contributed by atoms with Crippen LogP contribution in [0.25, 0.3) is 0 Å². The van der Waals surface area contributed by atoms with E-state index in [0.717, 1.165) is 19.5 Å². The lowest BCUT2D eigenvalue weighted by molar-refractivity contribution is 0.314. The lowest BCUT2D eigenvalue weighted by atomic mass is 10.2. The number of nitrogens with zero attached hydrogens (tertiary/aromatic N) is 1. The lowest BCUT2D eigenvalue weighted by Crippen LogP contribution is -2.25. The van der Waals surface area contributed by atoms with Gasteiger partial charge in [-0.15, -0.1) is 11.3 Å². The molecule has 1 heterocycles. The van der Waals surface area contributed by atoms with Crippen molar-refractivity contribution in [3.63, 3.8) is 0 Å². The van der Waals surface area contributed by atoms with Gasteiger partial charge in [-0.25, -0.2) is 0 Å². The number of thiophene rings is 1. The molecule has 2 N–H and O–H groups in total. The number of hydrogen-bond donors (Lipinski definition) is 1. The average Bonchev–Trinajstić information content (AvgIpc) is 2.48. The topological polar surface area (TPSA) is 29.3 Å². The molecule has 0 bridgehead atoms. The maximum absolute atomic E-state index is 5.71. The highest BCUT2D eigenvalue weighted by Gasteiger charge is 2.03. The normalized spacial score (nSPS) is 13.5. The molecule has 2 nitrogen and oxygen atoms in total. The molecule has 4 heteroatoms. The Kier molecular flexibility index (Phi) is 5.09. The number of rotatable bonds is 5. The van der Waals surface area contributed by atoms with Gasteiger partial charge in [-0.1, -0.05) is 0 Å². The molecule has 0 aliphatic heterocycles. The van der Waals surface area contributed by atoms with Crippen molar-refractivity contribution in [3.8, 4) is 0 Å². The monoisotopic (exact) mass is 276 g/mol. The van der Waals surface area contributed by atoms with Gasteiger partial charge in [-0.3, -0.25) is 0 Å². The van der Waals surface area contributed by atoms with Crippen LogP contribution in [0.2, 0.25) is 0 Å². The van der Waals surface area contributed by atoms with Crippen LogP contribution in [0.4, 0.5) is 0 Å². The largest absolute Gasteiger partial charge is 0.328 e. The van der Waals surface area contributed by atoms with Gasteiger partial charge in [0.25, 0.3) is 0 Å². The molecular formula is C10H17BrN2S. The highest BCUT2D eigenvalue weighted by molar-refractivity contribution is 9.11. The van der Waals surface area contributed by atoms with Gasteiger partial charge < -0.3 is 10.6 Å². The van der Waals surface area contributed by atoms with E-state index in [4.69, 9.17) is 5.73 Å². The molecule has 1 aromatic rings. The lowest BCUT2D eigenvalue weighted by Gasteiger charge is -2.16. The van der Waals surface area contributed by atoms with Crippen LogP contribution in [0.3, 0.4) is 0 Å². The Morgan fingerprint density at radius 2 is 2.36 bits per heavy atom. The van der Waals surface area contributed by atoms with Gasteiger partial charge in [-0.05, 0) is 59.9 Å². The summed E-state index contributed by atoms with van der Waals surface area (Å²) in [5.41, 5.74) is 7.08. The van der Waals surface area contributed by atoms with Crippen molar-refractivity contribution < 1.29 is 0 Å². The highest BCUT2D eigenvalue weighted by Crippen LogP contribution is 2.21. The van der Waals surface area contributed by atoms with Crippen LogP contribution in [-0.4, -0.2) is 24.5 Å². The summed E-state index contributed by atoms with van der Waals surface area (Å²) in [4.78, 5) is 2.30. The third-order valence-electron chi connectivity index (χ3n) is 2.04. The third kappa shape index (κ3) is 4.55. The SMILES string of the molecule is CC(N)CCN(C)Cc1csc(Br)c1. The van der Waals surface area contributed by atoms with E-state index in [0.29, 0.717) is 6.04 Å². The molecule has 0 saturated carbocycles. The summed E-state index contributed by atoms with van der Waals surface area (Å²) in [6.07, 6.45) is 1.06. The van der Waals surface area contributed by atoms with Crippen molar-refractivity contribution in [2.45, 2.75) is 25.9 Å². The summed E-state index contributed by atoms with van der Waals surface area (Å²) in [7, 11) is 2.13. The van der Waals surface area contributed by atoms with E-state index in [1.807, 2.05) is 0 Å². The number of halogens is 1. The van der Waals surface area contributed by atoms with E-state index in [1.165, 1.54) is 9.35 Å². The second-order valence-electron chi connectivity index (χ2n) is 3.76. The average molecular weight is 277 g/mol. The first kappa shape index (κ1) is 12.2. The first-order chi connectivity index (χ1) is 6.58. The van der Waals surface area contributed by atoms with E-state index in [2.05, 4.69) is 46.2 Å². The standard InChI is InChI=1S/C10H17BrN2S/c1-8(12)3-4-13(2)6-9-5-10(11)14-7-9/h5,7-8H,3-4,6,12H2,1-2H3. The van der Waals surface area contributed by atoms with Crippen molar-refractivity contribution >= 4 is 27.3 Å². The van der Waals surface area contributed by atoms with Crippen molar-refractivity contribution in [3.05, 3.63) is 20.8 Å². The maximum atomic E-state index is 5.71. The zero-order chi connectivity index (χ0) is 10.6. The molecule has 0 amide bonds. The fourth-order valence-electron chi connectivity index (χ4n) is 1.24. The molecular weight excluding hydrogens is 260 g/mol. The predicted molar refractivity (Wildman–Crippen MR) is 66.6 cm³/mol. The van der Waals surface area contributed by atoms with Crippen LogP contribution in [0.15, 0.2) is 15.2 Å². The van der Waals surface area contributed by atoms with E-state index < -0.39 is 0 Å². The van der Waals surface area contributed by atoms with Crippen molar-refractivity contribution in [2.24, 2.45) is 5.73 Å². The molecule has 1 unspecified atom stereocenters. The van der Waals surface area contributed by atoms with Crippen LogP contribution in [-0.2, 0) is 6.54 Å². The van der Waals surface area contributed by atoms with Gasteiger partial charge in [0.15, 0.2) is 0 Å². The predicted octanol–water partition coefficient (Wildman–Crippen LogP) is 2.68. The fourth-order valence-corrected chi connectivity index (χ4v) is 2.44. The van der Waals surface area contributed by atoms with Crippen molar-refractivity contribution in [1.82, 2.24) is 4.90 Å². The molecule has 14 heavy (non-hydrogen) atoms. The Balaban J connectivity index is 2.30. The fraction of sp³-hybridized carbons (Fsp3) is 0.600. The molecule has 0 spiro atoms. The van der Waals surface area contributed by atoms with Gasteiger partial charge >= 0.3 is 0 Å². The van der Waals surface area contributed by atoms with Crippen molar-refractivity contribution in [1.29, 1.82) is 0 Å². The molecule has 0 aliphatic rings. The summed E-state index contributed by atoms with van der Waals surface area (Å²) in [6, 6.07) is 2.47. The first-order valence-electron chi connectivity index (χ1n) is 4.75. The summed E-state index contributed by atoms with van der Waals surface area (Å²) in [5, 5.41) is 2.19. The quantitative estimate of drug-likeness (QED) is 0.896. The van der Waals surface area contributed by atoms with E-state index in [1.54, 1.807) is 11.3 Å². The molecule has 1 aromatic heterocycles. The molecule has 0 saturated heterocycles.